The molecule has 0 aliphatic heterocycles. The van der Waals surface area contributed by atoms with Crippen molar-refractivity contribution in [1.29, 1.82) is 0 Å². The molecule has 0 heterocycles. The van der Waals surface area contributed by atoms with Crippen LogP contribution in [0.5, 0.6) is 0 Å². The van der Waals surface area contributed by atoms with Crippen molar-refractivity contribution in [3.05, 3.63) is 77.9 Å². The highest BCUT2D eigenvalue weighted by Gasteiger charge is 2.32. The largest absolute Gasteiger partial charge is 0.354 e. The van der Waals surface area contributed by atoms with Crippen LogP contribution >= 0.6 is 0 Å². The minimum atomic E-state index is -3.93. The smallest absolute Gasteiger partial charge is 0.243 e. The molecule has 3 aromatic rings. The number of sulfonamides is 1. The number of likely N-dealkylation sites (N-methyl/N-ethyl adjacent to an activating group) is 1. The summed E-state index contributed by atoms with van der Waals surface area (Å²) in [4.78, 5) is 28.3. The lowest BCUT2D eigenvalue weighted by Crippen LogP contribution is -2.52. The van der Waals surface area contributed by atoms with E-state index in [-0.39, 0.29) is 29.8 Å². The Morgan fingerprint density at radius 3 is 2.30 bits per heavy atom. The van der Waals surface area contributed by atoms with E-state index >= 15 is 0 Å². The number of hydrogen-bond donors (Lipinski definition) is 1. The Morgan fingerprint density at radius 2 is 1.65 bits per heavy atom. The number of carbonyl (C=O) groups is 2. The molecule has 0 aliphatic carbocycles. The van der Waals surface area contributed by atoms with Gasteiger partial charge < -0.3 is 10.2 Å². The van der Waals surface area contributed by atoms with Crippen LogP contribution in [0.15, 0.2) is 71.6 Å². The van der Waals surface area contributed by atoms with Gasteiger partial charge in [-0.2, -0.15) is 4.31 Å². The molecule has 0 aliphatic rings. The Kier molecular flexibility index (Phi) is 9.45. The highest BCUT2D eigenvalue weighted by atomic mass is 32.2. The number of benzene rings is 3. The lowest BCUT2D eigenvalue weighted by atomic mass is 10.1. The topological polar surface area (TPSA) is 86.8 Å². The number of nitrogens with one attached hydrogen (secondary N) is 1. The van der Waals surface area contributed by atoms with Gasteiger partial charge in [0.25, 0.3) is 0 Å². The van der Waals surface area contributed by atoms with Crippen LogP contribution in [0, 0.1) is 12.8 Å². The van der Waals surface area contributed by atoms with E-state index in [0.717, 1.165) is 26.2 Å². The molecule has 0 saturated heterocycles. The van der Waals surface area contributed by atoms with Gasteiger partial charge in [-0.15, -0.1) is 0 Å². The molecular formula is C29H37N3O4S. The van der Waals surface area contributed by atoms with Crippen LogP contribution in [-0.2, 0) is 26.2 Å². The predicted molar refractivity (Wildman–Crippen MR) is 147 cm³/mol. The first-order valence-corrected chi connectivity index (χ1v) is 14.0. The van der Waals surface area contributed by atoms with Crippen molar-refractivity contribution in [2.24, 2.45) is 5.92 Å². The van der Waals surface area contributed by atoms with Gasteiger partial charge in [-0.25, -0.2) is 8.42 Å². The molecular weight excluding hydrogens is 486 g/mol. The van der Waals surface area contributed by atoms with Gasteiger partial charge >= 0.3 is 0 Å². The highest BCUT2D eigenvalue weighted by molar-refractivity contribution is 7.89. The summed E-state index contributed by atoms with van der Waals surface area (Å²) >= 11 is 0. The fourth-order valence-electron chi connectivity index (χ4n) is 4.22. The Bertz CT molecular complexity index is 1350. The van der Waals surface area contributed by atoms with Gasteiger partial charge in [0.2, 0.25) is 21.8 Å². The maximum atomic E-state index is 13.6. The van der Waals surface area contributed by atoms with Crippen LogP contribution < -0.4 is 5.32 Å². The molecule has 3 rings (SSSR count). The Balaban J connectivity index is 1.87. The highest BCUT2D eigenvalue weighted by Crippen LogP contribution is 2.22. The van der Waals surface area contributed by atoms with Crippen molar-refractivity contribution in [2.75, 3.05) is 20.1 Å². The van der Waals surface area contributed by atoms with Gasteiger partial charge in [0.1, 0.15) is 6.04 Å². The van der Waals surface area contributed by atoms with Crippen molar-refractivity contribution >= 4 is 32.6 Å². The van der Waals surface area contributed by atoms with E-state index in [1.54, 1.807) is 18.2 Å². The van der Waals surface area contributed by atoms with Gasteiger partial charge in [0.15, 0.2) is 0 Å². The van der Waals surface area contributed by atoms with E-state index in [4.69, 9.17) is 0 Å². The van der Waals surface area contributed by atoms with Crippen LogP contribution in [0.2, 0.25) is 0 Å². The summed E-state index contributed by atoms with van der Waals surface area (Å²) in [6, 6.07) is 19.5. The molecule has 0 bridgehead atoms. The molecule has 198 valence electrons. The SMILES string of the molecule is CC[C@H](C(=O)NCC(C)C)N(Cc1cccc(C)c1)C(=O)CN(C)S(=O)(=O)c1ccc2ccccc2c1. The van der Waals surface area contributed by atoms with Crippen LogP contribution in [-0.4, -0.2) is 55.6 Å². The molecule has 1 N–H and O–H groups in total. The number of hydrogen-bond acceptors (Lipinski definition) is 4. The molecule has 8 heteroatoms. The third-order valence-corrected chi connectivity index (χ3v) is 8.09. The quantitative estimate of drug-likeness (QED) is 0.405. The van der Waals surface area contributed by atoms with Crippen LogP contribution in [0.25, 0.3) is 10.8 Å². The first-order valence-electron chi connectivity index (χ1n) is 12.6. The lowest BCUT2D eigenvalue weighted by Gasteiger charge is -2.32. The molecule has 7 nitrogen and oxygen atoms in total. The summed E-state index contributed by atoms with van der Waals surface area (Å²) in [5, 5.41) is 4.66. The van der Waals surface area contributed by atoms with E-state index < -0.39 is 22.0 Å². The summed E-state index contributed by atoms with van der Waals surface area (Å²) < 4.78 is 27.8. The zero-order valence-corrected chi connectivity index (χ0v) is 23.1. The van der Waals surface area contributed by atoms with Gasteiger partial charge in [-0.3, -0.25) is 9.59 Å². The molecule has 0 spiro atoms. The Morgan fingerprint density at radius 1 is 0.946 bits per heavy atom. The maximum absolute atomic E-state index is 13.6. The molecule has 0 saturated carbocycles. The minimum absolute atomic E-state index is 0.119. The second-order valence-corrected chi connectivity index (χ2v) is 11.9. The summed E-state index contributed by atoms with van der Waals surface area (Å²) in [6.07, 6.45) is 0.405. The Labute approximate surface area is 220 Å². The molecule has 0 fully saturated rings. The molecule has 0 aromatic heterocycles. The minimum Gasteiger partial charge on any atom is -0.354 e. The molecule has 0 radical (unpaired) electrons. The first-order chi connectivity index (χ1) is 17.5. The van der Waals surface area contributed by atoms with E-state index in [1.165, 1.54) is 11.9 Å². The number of fused-ring (bicyclic) bond motifs is 1. The second kappa shape index (κ2) is 12.3. The molecule has 37 heavy (non-hydrogen) atoms. The Hall–Kier alpha value is -3.23. The van der Waals surface area contributed by atoms with Gasteiger partial charge in [0, 0.05) is 20.1 Å². The molecule has 2 amide bonds. The predicted octanol–water partition coefficient (Wildman–Crippen LogP) is 4.35. The third kappa shape index (κ3) is 7.17. The summed E-state index contributed by atoms with van der Waals surface area (Å²) in [7, 11) is -2.53. The van der Waals surface area contributed by atoms with Crippen LogP contribution in [0.4, 0.5) is 0 Å². The van der Waals surface area contributed by atoms with Crippen LogP contribution in [0.1, 0.15) is 38.3 Å². The summed E-state index contributed by atoms with van der Waals surface area (Å²) in [5.41, 5.74) is 1.92. The normalized spacial score (nSPS) is 12.6. The fourth-order valence-corrected chi connectivity index (χ4v) is 5.38. The lowest BCUT2D eigenvalue weighted by molar-refractivity contribution is -0.141. The van der Waals surface area contributed by atoms with Gasteiger partial charge in [-0.05, 0) is 47.7 Å². The van der Waals surface area contributed by atoms with Crippen molar-refractivity contribution in [3.8, 4) is 0 Å². The zero-order valence-electron chi connectivity index (χ0n) is 22.3. The second-order valence-electron chi connectivity index (χ2n) is 9.84. The zero-order chi connectivity index (χ0) is 27.2. The number of rotatable bonds is 11. The number of nitrogens with zero attached hydrogens (tertiary/aromatic N) is 2. The summed E-state index contributed by atoms with van der Waals surface area (Å²) in [6.45, 7) is 8.15. The average molecular weight is 524 g/mol. The third-order valence-electron chi connectivity index (χ3n) is 6.29. The summed E-state index contributed by atoms with van der Waals surface area (Å²) in [5.74, 6) is -0.405. The standard InChI is InChI=1S/C29H37N3O4S/c1-6-27(29(34)30-18-21(2)3)32(19-23-11-9-10-22(4)16-23)28(33)20-31(5)37(35,36)26-15-14-24-12-7-8-13-25(24)17-26/h7-17,21,27H,6,18-20H2,1-5H3,(H,30,34)/t27-/m1/s1. The van der Waals surface area contributed by atoms with Crippen molar-refractivity contribution in [2.45, 2.75) is 51.6 Å². The van der Waals surface area contributed by atoms with E-state index in [9.17, 15) is 18.0 Å². The number of amides is 2. The number of carbonyl (C=O) groups excluding carboxylic acids is 2. The van der Waals surface area contributed by atoms with E-state index in [2.05, 4.69) is 5.32 Å². The molecule has 3 aromatic carbocycles. The number of aryl methyl sites for hydroxylation is 1. The van der Waals surface area contributed by atoms with E-state index in [0.29, 0.717) is 13.0 Å². The van der Waals surface area contributed by atoms with Gasteiger partial charge in [0.05, 0.1) is 11.4 Å². The monoisotopic (exact) mass is 523 g/mol. The van der Waals surface area contributed by atoms with Crippen molar-refractivity contribution in [1.82, 2.24) is 14.5 Å². The van der Waals surface area contributed by atoms with Crippen molar-refractivity contribution in [3.63, 3.8) is 0 Å². The average Bonchev–Trinajstić information content (AvgIpc) is 2.86. The fraction of sp³-hybridized carbons (Fsp3) is 0.379. The van der Waals surface area contributed by atoms with Gasteiger partial charge in [-0.1, -0.05) is 80.9 Å². The van der Waals surface area contributed by atoms with E-state index in [1.807, 2.05) is 76.2 Å². The van der Waals surface area contributed by atoms with Crippen LogP contribution in [0.3, 0.4) is 0 Å². The van der Waals surface area contributed by atoms with Crippen molar-refractivity contribution < 1.29 is 18.0 Å². The first kappa shape index (κ1) is 28.3. The molecule has 0 unspecified atom stereocenters. The molecule has 1 atom stereocenters. The maximum Gasteiger partial charge on any atom is 0.243 e.